The van der Waals surface area contributed by atoms with Crippen LogP contribution in [0.4, 0.5) is 4.79 Å². The van der Waals surface area contributed by atoms with Gasteiger partial charge in [0.05, 0.1) is 23.8 Å². The van der Waals surface area contributed by atoms with Gasteiger partial charge < -0.3 is 15.4 Å². The molecule has 0 radical (unpaired) electrons. The highest BCUT2D eigenvalue weighted by atomic mass is 32.1. The van der Waals surface area contributed by atoms with Crippen molar-refractivity contribution in [2.75, 3.05) is 6.61 Å². The maximum atomic E-state index is 12.1. The smallest absolute Gasteiger partial charge is 0.315 e. The van der Waals surface area contributed by atoms with Crippen LogP contribution in [0.1, 0.15) is 30.2 Å². The van der Waals surface area contributed by atoms with Gasteiger partial charge in [0.25, 0.3) is 0 Å². The first kappa shape index (κ1) is 14.9. The largest absolute Gasteiger partial charge is 0.371 e. The topological polar surface area (TPSA) is 76.1 Å². The number of thiazole rings is 1. The summed E-state index contributed by atoms with van der Waals surface area (Å²) in [6.45, 7) is 1.15. The van der Waals surface area contributed by atoms with Crippen LogP contribution in [0.25, 0.3) is 0 Å². The van der Waals surface area contributed by atoms with Crippen LogP contribution >= 0.6 is 11.3 Å². The third-order valence-electron chi connectivity index (χ3n) is 3.59. The second-order valence-corrected chi connectivity index (χ2v) is 5.85. The van der Waals surface area contributed by atoms with Crippen LogP contribution in [-0.4, -0.2) is 28.6 Å². The Balaban J connectivity index is 1.58. The van der Waals surface area contributed by atoms with Crippen molar-refractivity contribution in [2.45, 2.75) is 31.5 Å². The van der Waals surface area contributed by atoms with Crippen LogP contribution < -0.4 is 10.6 Å². The van der Waals surface area contributed by atoms with Crippen molar-refractivity contribution in [2.24, 2.45) is 0 Å². The van der Waals surface area contributed by atoms with E-state index in [1.165, 1.54) is 11.3 Å². The van der Waals surface area contributed by atoms with Gasteiger partial charge in [0.2, 0.25) is 0 Å². The molecule has 2 atom stereocenters. The van der Waals surface area contributed by atoms with E-state index in [4.69, 9.17) is 4.74 Å². The van der Waals surface area contributed by atoms with Crippen LogP contribution in [0.3, 0.4) is 0 Å². The lowest BCUT2D eigenvalue weighted by Crippen LogP contribution is -2.46. The molecule has 0 aromatic carbocycles. The van der Waals surface area contributed by atoms with E-state index in [0.717, 1.165) is 24.1 Å². The summed E-state index contributed by atoms with van der Waals surface area (Å²) in [6.07, 6.45) is 5.21. The molecule has 2 aromatic rings. The third-order valence-corrected chi connectivity index (χ3v) is 4.22. The first-order valence-corrected chi connectivity index (χ1v) is 8.20. The summed E-state index contributed by atoms with van der Waals surface area (Å²) in [5, 5.41) is 7.76. The van der Waals surface area contributed by atoms with Gasteiger partial charge in [0.15, 0.2) is 0 Å². The average molecular weight is 318 g/mol. The Hall–Kier alpha value is -1.99. The van der Waals surface area contributed by atoms with Gasteiger partial charge in [-0.1, -0.05) is 0 Å². The number of hydrogen-bond donors (Lipinski definition) is 2. The quantitative estimate of drug-likeness (QED) is 0.906. The number of hydrogen-bond acceptors (Lipinski definition) is 5. The fourth-order valence-corrected chi connectivity index (χ4v) is 3.08. The normalized spacial score (nSPS) is 21.3. The van der Waals surface area contributed by atoms with Crippen molar-refractivity contribution in [3.05, 3.63) is 46.7 Å². The van der Waals surface area contributed by atoms with E-state index >= 15 is 0 Å². The van der Waals surface area contributed by atoms with Gasteiger partial charge >= 0.3 is 6.03 Å². The van der Waals surface area contributed by atoms with Crippen molar-refractivity contribution in [1.29, 1.82) is 0 Å². The summed E-state index contributed by atoms with van der Waals surface area (Å²) >= 11 is 1.52. The summed E-state index contributed by atoms with van der Waals surface area (Å²) in [5.41, 5.74) is 3.66. The molecule has 2 amide bonds. The van der Waals surface area contributed by atoms with E-state index in [-0.39, 0.29) is 18.2 Å². The van der Waals surface area contributed by atoms with Crippen LogP contribution in [0, 0.1) is 0 Å². The molecule has 2 aromatic heterocycles. The summed E-state index contributed by atoms with van der Waals surface area (Å²) in [4.78, 5) is 20.2. The van der Waals surface area contributed by atoms with Gasteiger partial charge in [0, 0.05) is 24.4 Å². The molecular weight excluding hydrogens is 300 g/mol. The fraction of sp³-hybridized carbons (Fsp3) is 0.400. The SMILES string of the molecule is O=C(NCc1cscn1)N[C@H]1CCCO[C@@H]1c1ccncc1. The number of ether oxygens (including phenoxy) is 1. The Labute approximate surface area is 132 Å². The Kier molecular flexibility index (Phi) is 4.97. The number of aromatic nitrogens is 2. The van der Waals surface area contributed by atoms with Gasteiger partial charge in [0.1, 0.15) is 6.10 Å². The van der Waals surface area contributed by atoms with E-state index in [2.05, 4.69) is 20.6 Å². The van der Waals surface area contributed by atoms with Crippen molar-refractivity contribution in [3.63, 3.8) is 0 Å². The van der Waals surface area contributed by atoms with Crippen LogP contribution in [0.15, 0.2) is 35.4 Å². The number of carbonyl (C=O) groups excluding carboxylic acids is 1. The van der Waals surface area contributed by atoms with Crippen LogP contribution in [-0.2, 0) is 11.3 Å². The highest BCUT2D eigenvalue weighted by Gasteiger charge is 2.28. The van der Waals surface area contributed by atoms with E-state index in [9.17, 15) is 4.79 Å². The number of carbonyl (C=O) groups is 1. The number of amides is 2. The summed E-state index contributed by atoms with van der Waals surface area (Å²) in [7, 11) is 0. The van der Waals surface area contributed by atoms with Gasteiger partial charge in [-0.15, -0.1) is 11.3 Å². The Morgan fingerprint density at radius 1 is 1.41 bits per heavy atom. The maximum absolute atomic E-state index is 12.1. The molecule has 3 heterocycles. The van der Waals surface area contributed by atoms with Crippen LogP contribution in [0.2, 0.25) is 0 Å². The van der Waals surface area contributed by atoms with Crippen LogP contribution in [0.5, 0.6) is 0 Å². The number of urea groups is 1. The Morgan fingerprint density at radius 3 is 3.05 bits per heavy atom. The van der Waals surface area contributed by atoms with Gasteiger partial charge in [-0.2, -0.15) is 0 Å². The minimum Gasteiger partial charge on any atom is -0.371 e. The number of nitrogens with zero attached hydrogens (tertiary/aromatic N) is 2. The first-order valence-electron chi connectivity index (χ1n) is 7.26. The van der Waals surface area contributed by atoms with Gasteiger partial charge in [-0.25, -0.2) is 9.78 Å². The van der Waals surface area contributed by atoms with Crippen molar-refractivity contribution in [1.82, 2.24) is 20.6 Å². The number of nitrogens with one attached hydrogen (secondary N) is 2. The molecular formula is C15H18N4O2S. The van der Waals surface area contributed by atoms with E-state index < -0.39 is 0 Å². The molecule has 6 nitrogen and oxygen atoms in total. The highest BCUT2D eigenvalue weighted by molar-refractivity contribution is 7.07. The third kappa shape index (κ3) is 3.80. The Bertz CT molecular complexity index is 591. The van der Waals surface area contributed by atoms with Gasteiger partial charge in [-0.05, 0) is 30.5 Å². The molecule has 0 unspecified atom stereocenters. The van der Waals surface area contributed by atoms with E-state index in [1.54, 1.807) is 17.9 Å². The van der Waals surface area contributed by atoms with Crippen molar-refractivity contribution in [3.8, 4) is 0 Å². The zero-order valence-corrected chi connectivity index (χ0v) is 12.9. The molecule has 7 heteroatoms. The fourth-order valence-electron chi connectivity index (χ4n) is 2.53. The molecule has 0 bridgehead atoms. The molecule has 1 aliphatic heterocycles. The minimum atomic E-state index is -0.192. The van der Waals surface area contributed by atoms with E-state index in [1.807, 2.05) is 17.5 Å². The number of rotatable bonds is 4. The monoisotopic (exact) mass is 318 g/mol. The summed E-state index contributed by atoms with van der Waals surface area (Å²) in [5.74, 6) is 0. The molecule has 116 valence electrons. The molecule has 22 heavy (non-hydrogen) atoms. The minimum absolute atomic E-state index is 0.0356. The first-order chi connectivity index (χ1) is 10.8. The molecule has 0 aliphatic carbocycles. The predicted molar refractivity (Wildman–Crippen MR) is 83.4 cm³/mol. The molecule has 1 saturated heterocycles. The lowest BCUT2D eigenvalue weighted by atomic mass is 9.97. The molecule has 1 aliphatic rings. The standard InChI is InChI=1S/C15H18N4O2S/c20-15(17-8-12-9-22-10-18-12)19-13-2-1-7-21-14(13)11-3-5-16-6-4-11/h3-6,9-10,13-14H,1-2,7-8H2,(H2,17,19,20)/t13-,14+/m0/s1. The molecule has 1 fully saturated rings. The molecule has 3 rings (SSSR count). The Morgan fingerprint density at radius 2 is 2.27 bits per heavy atom. The zero-order valence-electron chi connectivity index (χ0n) is 12.1. The number of pyridine rings is 1. The van der Waals surface area contributed by atoms with Gasteiger partial charge in [-0.3, -0.25) is 4.98 Å². The second kappa shape index (κ2) is 7.33. The lowest BCUT2D eigenvalue weighted by molar-refractivity contribution is -0.00747. The van der Waals surface area contributed by atoms with E-state index in [0.29, 0.717) is 13.2 Å². The van der Waals surface area contributed by atoms with Crippen molar-refractivity contribution < 1.29 is 9.53 Å². The molecule has 2 N–H and O–H groups in total. The lowest BCUT2D eigenvalue weighted by Gasteiger charge is -2.32. The van der Waals surface area contributed by atoms with Crippen molar-refractivity contribution >= 4 is 17.4 Å². The zero-order chi connectivity index (χ0) is 15.2. The highest BCUT2D eigenvalue weighted by Crippen LogP contribution is 2.27. The molecule has 0 saturated carbocycles. The molecule has 0 spiro atoms. The summed E-state index contributed by atoms with van der Waals surface area (Å²) in [6, 6.07) is 3.63. The average Bonchev–Trinajstić information content (AvgIpc) is 3.08. The second-order valence-electron chi connectivity index (χ2n) is 5.13. The predicted octanol–water partition coefficient (Wildman–Crippen LogP) is 2.26. The summed E-state index contributed by atoms with van der Waals surface area (Å²) < 4.78 is 5.85. The maximum Gasteiger partial charge on any atom is 0.315 e.